The molecule has 1 aromatic rings. The maximum absolute atomic E-state index is 5.43. The summed E-state index contributed by atoms with van der Waals surface area (Å²) >= 11 is 3.73. The molecule has 0 radical (unpaired) electrons. The summed E-state index contributed by atoms with van der Waals surface area (Å²) in [6.07, 6.45) is 2.36. The van der Waals surface area contributed by atoms with Gasteiger partial charge in [0.1, 0.15) is 0 Å². The molecule has 2 aliphatic rings. The first-order valence-electron chi connectivity index (χ1n) is 6.79. The minimum absolute atomic E-state index is 0.521. The average molecular weight is 296 g/mol. The van der Waals surface area contributed by atoms with Crippen LogP contribution < -0.4 is 0 Å². The molecule has 0 atom stereocenters. The first kappa shape index (κ1) is 13.5. The van der Waals surface area contributed by atoms with Crippen LogP contribution in [0.3, 0.4) is 0 Å². The number of fused-ring (bicyclic) bond motifs is 1. The zero-order valence-electron chi connectivity index (χ0n) is 11.5. The summed E-state index contributed by atoms with van der Waals surface area (Å²) in [7, 11) is 0. The van der Waals surface area contributed by atoms with Crippen LogP contribution >= 0.6 is 23.3 Å². The lowest BCUT2D eigenvalue weighted by Gasteiger charge is -2.36. The Balaban J connectivity index is 1.79. The summed E-state index contributed by atoms with van der Waals surface area (Å²) in [6.45, 7) is 9.38. The van der Waals surface area contributed by atoms with Crippen LogP contribution in [-0.2, 0) is 4.74 Å². The van der Waals surface area contributed by atoms with E-state index in [2.05, 4.69) is 40.6 Å². The molecular formula is C14H20N2OS2. The fourth-order valence-electron chi connectivity index (χ4n) is 2.42. The summed E-state index contributed by atoms with van der Waals surface area (Å²) in [5.41, 5.74) is 2.81. The van der Waals surface area contributed by atoms with E-state index in [0.717, 1.165) is 32.8 Å². The second kappa shape index (κ2) is 5.87. The van der Waals surface area contributed by atoms with Crippen LogP contribution in [0.5, 0.6) is 0 Å². The Kier molecular flexibility index (Phi) is 4.17. The van der Waals surface area contributed by atoms with Crippen molar-refractivity contribution in [1.29, 1.82) is 0 Å². The topological polar surface area (TPSA) is 15.7 Å². The number of hydrogen-bond acceptors (Lipinski definition) is 5. The van der Waals surface area contributed by atoms with Crippen molar-refractivity contribution in [2.45, 2.75) is 24.1 Å². The summed E-state index contributed by atoms with van der Waals surface area (Å²) in [5, 5.41) is 2.18. The molecule has 1 fully saturated rings. The van der Waals surface area contributed by atoms with Crippen molar-refractivity contribution in [3.05, 3.63) is 22.7 Å². The Hall–Kier alpha value is -0.490. The number of thiophene rings is 1. The number of hydrogen-bond donors (Lipinski definition) is 0. The molecule has 0 N–H and O–H groups in total. The normalized spacial score (nSPS) is 20.6. The molecule has 0 spiro atoms. The van der Waals surface area contributed by atoms with Gasteiger partial charge >= 0.3 is 0 Å². The molecule has 2 aliphatic heterocycles. The highest BCUT2D eigenvalue weighted by Crippen LogP contribution is 2.41. The first-order chi connectivity index (χ1) is 9.24. The zero-order valence-corrected chi connectivity index (χ0v) is 13.1. The standard InChI is InChI=1S/C14H20N2OS2/c1-11(2)16-13(10-15-4-6-17-7-5-15)9-12-3-8-18-14(12)19-16/h3,8-9,11H,4-7,10H2,1-2H3. The summed E-state index contributed by atoms with van der Waals surface area (Å²) in [6, 6.07) is 2.75. The molecule has 0 bridgehead atoms. The van der Waals surface area contributed by atoms with E-state index in [1.54, 1.807) is 0 Å². The van der Waals surface area contributed by atoms with Crippen LogP contribution in [0.1, 0.15) is 19.4 Å². The monoisotopic (exact) mass is 296 g/mol. The molecule has 0 amide bonds. The Morgan fingerprint density at radius 2 is 2.11 bits per heavy atom. The van der Waals surface area contributed by atoms with Gasteiger partial charge in [-0.25, -0.2) is 0 Å². The number of rotatable bonds is 3. The van der Waals surface area contributed by atoms with Crippen molar-refractivity contribution in [2.75, 3.05) is 32.8 Å². The molecule has 0 unspecified atom stereocenters. The fourth-order valence-corrected chi connectivity index (χ4v) is 4.45. The average Bonchev–Trinajstić information content (AvgIpc) is 2.86. The Labute approximate surface area is 123 Å². The van der Waals surface area contributed by atoms with E-state index < -0.39 is 0 Å². The van der Waals surface area contributed by atoms with Gasteiger partial charge in [-0.2, -0.15) is 0 Å². The molecule has 3 heterocycles. The van der Waals surface area contributed by atoms with E-state index in [-0.39, 0.29) is 0 Å². The number of nitrogens with zero attached hydrogens (tertiary/aromatic N) is 2. The highest BCUT2D eigenvalue weighted by atomic mass is 32.2. The summed E-state index contributed by atoms with van der Waals surface area (Å²) < 4.78 is 9.30. The highest BCUT2D eigenvalue weighted by Gasteiger charge is 2.24. The molecule has 0 saturated carbocycles. The quantitative estimate of drug-likeness (QED) is 0.796. The van der Waals surface area contributed by atoms with Gasteiger partial charge in [-0.3, -0.25) is 4.90 Å². The van der Waals surface area contributed by atoms with E-state index in [9.17, 15) is 0 Å². The third-order valence-corrected chi connectivity index (χ3v) is 5.89. The fraction of sp³-hybridized carbons (Fsp3) is 0.571. The minimum Gasteiger partial charge on any atom is -0.379 e. The van der Waals surface area contributed by atoms with Crippen LogP contribution in [0, 0.1) is 0 Å². The minimum atomic E-state index is 0.521. The lowest BCUT2D eigenvalue weighted by Crippen LogP contribution is -2.40. The van der Waals surface area contributed by atoms with E-state index in [1.165, 1.54) is 15.5 Å². The second-order valence-corrected chi connectivity index (χ2v) is 7.36. The zero-order chi connectivity index (χ0) is 13.2. The molecular weight excluding hydrogens is 276 g/mol. The molecule has 0 aliphatic carbocycles. The van der Waals surface area contributed by atoms with Crippen molar-refractivity contribution in [2.24, 2.45) is 0 Å². The van der Waals surface area contributed by atoms with E-state index in [0.29, 0.717) is 6.04 Å². The van der Waals surface area contributed by atoms with Crippen LogP contribution in [0.2, 0.25) is 0 Å². The second-order valence-electron chi connectivity index (χ2n) is 5.20. The van der Waals surface area contributed by atoms with E-state index >= 15 is 0 Å². The Morgan fingerprint density at radius 3 is 2.84 bits per heavy atom. The van der Waals surface area contributed by atoms with Gasteiger partial charge in [0.15, 0.2) is 0 Å². The van der Waals surface area contributed by atoms with Crippen molar-refractivity contribution in [3.8, 4) is 0 Å². The van der Waals surface area contributed by atoms with E-state index in [1.807, 2.05) is 23.3 Å². The Morgan fingerprint density at radius 1 is 1.32 bits per heavy atom. The van der Waals surface area contributed by atoms with Crippen molar-refractivity contribution < 1.29 is 4.74 Å². The van der Waals surface area contributed by atoms with Crippen LogP contribution in [0.25, 0.3) is 6.08 Å². The van der Waals surface area contributed by atoms with Gasteiger partial charge in [-0.1, -0.05) is 0 Å². The van der Waals surface area contributed by atoms with E-state index in [4.69, 9.17) is 4.74 Å². The maximum Gasteiger partial charge on any atom is 0.0882 e. The van der Waals surface area contributed by atoms with Gasteiger partial charge in [0, 0.05) is 36.9 Å². The molecule has 1 saturated heterocycles. The third-order valence-electron chi connectivity index (χ3n) is 3.40. The van der Waals surface area contributed by atoms with Gasteiger partial charge in [0.05, 0.1) is 17.4 Å². The lowest BCUT2D eigenvalue weighted by molar-refractivity contribution is 0.0405. The summed E-state index contributed by atoms with van der Waals surface area (Å²) in [5.74, 6) is 0. The van der Waals surface area contributed by atoms with Gasteiger partial charge in [-0.05, 0) is 43.3 Å². The number of ether oxygens (including phenoxy) is 1. The molecule has 3 nitrogen and oxygen atoms in total. The number of morpholine rings is 1. The highest BCUT2D eigenvalue weighted by molar-refractivity contribution is 7.99. The molecule has 19 heavy (non-hydrogen) atoms. The van der Waals surface area contributed by atoms with Gasteiger partial charge in [0.2, 0.25) is 0 Å². The molecule has 1 aromatic heterocycles. The molecule has 0 aromatic carbocycles. The van der Waals surface area contributed by atoms with Gasteiger partial charge < -0.3 is 9.04 Å². The first-order valence-corrected chi connectivity index (χ1v) is 8.45. The predicted octanol–water partition coefficient (Wildman–Crippen LogP) is 3.15. The largest absolute Gasteiger partial charge is 0.379 e. The van der Waals surface area contributed by atoms with Gasteiger partial charge in [0.25, 0.3) is 0 Å². The van der Waals surface area contributed by atoms with Crippen molar-refractivity contribution >= 4 is 29.4 Å². The van der Waals surface area contributed by atoms with Gasteiger partial charge in [-0.15, -0.1) is 11.3 Å². The SMILES string of the molecule is CC(C)N1Sc2sccc2C=C1CN1CCOCC1. The van der Waals surface area contributed by atoms with Crippen LogP contribution in [-0.4, -0.2) is 48.1 Å². The lowest BCUT2D eigenvalue weighted by atomic mass is 10.2. The molecule has 5 heteroatoms. The van der Waals surface area contributed by atoms with Crippen molar-refractivity contribution in [1.82, 2.24) is 9.21 Å². The predicted molar refractivity (Wildman–Crippen MR) is 82.4 cm³/mol. The smallest absolute Gasteiger partial charge is 0.0882 e. The Bertz CT molecular complexity index is 464. The molecule has 3 rings (SSSR count). The van der Waals surface area contributed by atoms with Crippen molar-refractivity contribution in [3.63, 3.8) is 0 Å². The summed E-state index contributed by atoms with van der Waals surface area (Å²) in [4.78, 5) is 2.49. The van der Waals surface area contributed by atoms with Crippen LogP contribution in [0.15, 0.2) is 21.4 Å². The third kappa shape index (κ3) is 2.99. The maximum atomic E-state index is 5.43. The van der Waals surface area contributed by atoms with Crippen LogP contribution in [0.4, 0.5) is 0 Å². The molecule has 104 valence electrons.